The minimum Gasteiger partial charge on any atom is -0.314 e. The van der Waals surface area contributed by atoms with Crippen molar-refractivity contribution in [2.75, 3.05) is 26.2 Å². The van der Waals surface area contributed by atoms with E-state index in [0.29, 0.717) is 0 Å². The molecule has 1 heterocycles. The Labute approximate surface area is 132 Å². The van der Waals surface area contributed by atoms with Gasteiger partial charge in [-0.1, -0.05) is 54.6 Å². The molecular formula is C19H22N2O. The molecule has 0 aliphatic carbocycles. The van der Waals surface area contributed by atoms with Crippen LogP contribution >= 0.6 is 0 Å². The third-order valence-corrected chi connectivity index (χ3v) is 4.26. The second-order valence-electron chi connectivity index (χ2n) is 5.78. The van der Waals surface area contributed by atoms with E-state index in [4.69, 9.17) is 0 Å². The Morgan fingerprint density at radius 1 is 0.955 bits per heavy atom. The summed E-state index contributed by atoms with van der Waals surface area (Å²) in [5.41, 5.74) is 3.33. The van der Waals surface area contributed by atoms with Crippen molar-refractivity contribution in [3.63, 3.8) is 0 Å². The lowest BCUT2D eigenvalue weighted by atomic mass is 9.95. The van der Waals surface area contributed by atoms with Gasteiger partial charge < -0.3 is 5.32 Å². The molecule has 1 saturated heterocycles. The molecule has 3 nitrogen and oxygen atoms in total. The Morgan fingerprint density at radius 3 is 2.14 bits per heavy atom. The first kappa shape index (κ1) is 14.9. The molecule has 3 rings (SSSR count). The van der Waals surface area contributed by atoms with Crippen molar-refractivity contribution in [2.45, 2.75) is 13.0 Å². The van der Waals surface area contributed by atoms with Gasteiger partial charge in [-0.25, -0.2) is 0 Å². The highest BCUT2D eigenvalue weighted by Gasteiger charge is 2.23. The van der Waals surface area contributed by atoms with Crippen LogP contribution < -0.4 is 5.32 Å². The predicted octanol–water partition coefficient (Wildman–Crippen LogP) is 2.88. The Balaban J connectivity index is 1.95. The lowest BCUT2D eigenvalue weighted by Gasteiger charge is -2.35. The Bertz CT molecular complexity index is 616. The van der Waals surface area contributed by atoms with E-state index in [0.717, 1.165) is 31.7 Å². The van der Waals surface area contributed by atoms with Crippen molar-refractivity contribution in [3.05, 3.63) is 71.3 Å². The summed E-state index contributed by atoms with van der Waals surface area (Å²) >= 11 is 0. The number of carbonyl (C=O) groups excluding carboxylic acids is 1. The summed E-state index contributed by atoms with van der Waals surface area (Å²) < 4.78 is 0. The zero-order chi connectivity index (χ0) is 15.4. The number of hydrogen-bond acceptors (Lipinski definition) is 3. The normalized spacial score (nSPS) is 17.1. The standard InChI is InChI=1S/C19H22N2O/c1-15(22)16-7-9-18(10-8-16)19(17-5-3-2-4-6-17)21-13-11-20-12-14-21/h2-10,19-20H,11-14H2,1H3. The Hall–Kier alpha value is -1.97. The van der Waals surface area contributed by atoms with Gasteiger partial charge in [0.05, 0.1) is 6.04 Å². The number of ketones is 1. The molecule has 1 aliphatic heterocycles. The van der Waals surface area contributed by atoms with Crippen LogP contribution in [-0.2, 0) is 0 Å². The third kappa shape index (κ3) is 3.26. The van der Waals surface area contributed by atoms with E-state index in [9.17, 15) is 4.79 Å². The Kier molecular flexibility index (Phi) is 4.66. The van der Waals surface area contributed by atoms with Crippen molar-refractivity contribution in [2.24, 2.45) is 0 Å². The first-order chi connectivity index (χ1) is 10.8. The van der Waals surface area contributed by atoms with E-state index in [-0.39, 0.29) is 11.8 Å². The molecule has 1 fully saturated rings. The molecule has 22 heavy (non-hydrogen) atoms. The molecule has 0 radical (unpaired) electrons. The van der Waals surface area contributed by atoms with Gasteiger partial charge in [0.25, 0.3) is 0 Å². The number of nitrogens with zero attached hydrogens (tertiary/aromatic N) is 1. The van der Waals surface area contributed by atoms with Gasteiger partial charge in [0.15, 0.2) is 5.78 Å². The van der Waals surface area contributed by atoms with Crippen LogP contribution in [0, 0.1) is 0 Å². The number of rotatable bonds is 4. The molecule has 1 aliphatic rings. The van der Waals surface area contributed by atoms with Crippen molar-refractivity contribution < 1.29 is 4.79 Å². The monoisotopic (exact) mass is 294 g/mol. The van der Waals surface area contributed by atoms with Crippen molar-refractivity contribution in [1.29, 1.82) is 0 Å². The SMILES string of the molecule is CC(=O)c1ccc(C(c2ccccc2)N2CCNCC2)cc1. The summed E-state index contributed by atoms with van der Waals surface area (Å²) in [6.07, 6.45) is 0. The van der Waals surface area contributed by atoms with E-state index in [2.05, 4.69) is 52.7 Å². The summed E-state index contributed by atoms with van der Waals surface area (Å²) in [5.74, 6) is 0.116. The van der Waals surface area contributed by atoms with Gasteiger partial charge in [-0.05, 0) is 18.1 Å². The maximum atomic E-state index is 11.5. The summed E-state index contributed by atoms with van der Waals surface area (Å²) in [5, 5.41) is 3.41. The van der Waals surface area contributed by atoms with Gasteiger partial charge in [-0.2, -0.15) is 0 Å². The van der Waals surface area contributed by atoms with E-state index >= 15 is 0 Å². The molecule has 3 heteroatoms. The molecule has 1 atom stereocenters. The molecule has 0 spiro atoms. The summed E-state index contributed by atoms with van der Waals surface area (Å²) in [6.45, 7) is 5.73. The Morgan fingerprint density at radius 2 is 1.55 bits per heavy atom. The van der Waals surface area contributed by atoms with Crippen LogP contribution in [0.4, 0.5) is 0 Å². The van der Waals surface area contributed by atoms with E-state index in [1.165, 1.54) is 11.1 Å². The summed E-state index contributed by atoms with van der Waals surface area (Å²) in [6, 6.07) is 18.9. The second-order valence-corrected chi connectivity index (χ2v) is 5.78. The fraction of sp³-hybridized carbons (Fsp3) is 0.316. The van der Waals surface area contributed by atoms with Gasteiger partial charge in [0.2, 0.25) is 0 Å². The zero-order valence-corrected chi connectivity index (χ0v) is 13.0. The maximum absolute atomic E-state index is 11.5. The van der Waals surface area contributed by atoms with Crippen molar-refractivity contribution >= 4 is 5.78 Å². The number of piperazine rings is 1. The van der Waals surface area contributed by atoms with Crippen LogP contribution in [0.25, 0.3) is 0 Å². The minimum atomic E-state index is 0.116. The quantitative estimate of drug-likeness (QED) is 0.880. The maximum Gasteiger partial charge on any atom is 0.159 e. The van der Waals surface area contributed by atoms with Gasteiger partial charge in [0.1, 0.15) is 0 Å². The van der Waals surface area contributed by atoms with Crippen molar-refractivity contribution in [3.8, 4) is 0 Å². The van der Waals surface area contributed by atoms with Gasteiger partial charge in [0, 0.05) is 31.7 Å². The zero-order valence-electron chi connectivity index (χ0n) is 13.0. The highest BCUT2D eigenvalue weighted by atomic mass is 16.1. The first-order valence-corrected chi connectivity index (χ1v) is 7.86. The van der Waals surface area contributed by atoms with E-state index < -0.39 is 0 Å². The van der Waals surface area contributed by atoms with Crippen LogP contribution in [0.1, 0.15) is 34.5 Å². The van der Waals surface area contributed by atoms with Crippen LogP contribution in [-0.4, -0.2) is 36.9 Å². The van der Waals surface area contributed by atoms with Crippen LogP contribution in [0.3, 0.4) is 0 Å². The topological polar surface area (TPSA) is 32.3 Å². The van der Waals surface area contributed by atoms with Crippen LogP contribution in [0.15, 0.2) is 54.6 Å². The number of nitrogens with one attached hydrogen (secondary N) is 1. The highest BCUT2D eigenvalue weighted by Crippen LogP contribution is 2.29. The number of carbonyl (C=O) groups is 1. The number of benzene rings is 2. The van der Waals surface area contributed by atoms with E-state index in [1.54, 1.807) is 6.92 Å². The molecule has 0 saturated carbocycles. The van der Waals surface area contributed by atoms with Gasteiger partial charge in [-0.15, -0.1) is 0 Å². The van der Waals surface area contributed by atoms with Crippen LogP contribution in [0.5, 0.6) is 0 Å². The van der Waals surface area contributed by atoms with Crippen molar-refractivity contribution in [1.82, 2.24) is 10.2 Å². The molecule has 2 aromatic rings. The molecule has 2 aromatic carbocycles. The fourth-order valence-corrected chi connectivity index (χ4v) is 3.09. The predicted molar refractivity (Wildman–Crippen MR) is 89.2 cm³/mol. The third-order valence-electron chi connectivity index (χ3n) is 4.26. The van der Waals surface area contributed by atoms with Crippen LogP contribution in [0.2, 0.25) is 0 Å². The highest BCUT2D eigenvalue weighted by molar-refractivity contribution is 5.94. The first-order valence-electron chi connectivity index (χ1n) is 7.86. The average molecular weight is 294 g/mol. The molecule has 0 aromatic heterocycles. The largest absolute Gasteiger partial charge is 0.314 e. The molecule has 0 bridgehead atoms. The molecule has 1 unspecified atom stereocenters. The second kappa shape index (κ2) is 6.86. The lowest BCUT2D eigenvalue weighted by Crippen LogP contribution is -2.45. The van der Waals surface area contributed by atoms with Gasteiger partial charge >= 0.3 is 0 Å². The fourth-order valence-electron chi connectivity index (χ4n) is 3.09. The number of hydrogen-bond donors (Lipinski definition) is 1. The molecule has 114 valence electrons. The smallest absolute Gasteiger partial charge is 0.159 e. The van der Waals surface area contributed by atoms with E-state index in [1.807, 2.05) is 12.1 Å². The lowest BCUT2D eigenvalue weighted by molar-refractivity contribution is 0.101. The minimum absolute atomic E-state index is 0.116. The summed E-state index contributed by atoms with van der Waals surface area (Å²) in [7, 11) is 0. The molecule has 0 amide bonds. The summed E-state index contributed by atoms with van der Waals surface area (Å²) in [4.78, 5) is 14.0. The van der Waals surface area contributed by atoms with Gasteiger partial charge in [-0.3, -0.25) is 9.69 Å². The molecule has 1 N–H and O–H groups in total. The number of Topliss-reactive ketones (excluding diaryl/α,β-unsaturated/α-hetero) is 1. The average Bonchev–Trinajstić information content (AvgIpc) is 2.57. The molecular weight excluding hydrogens is 272 g/mol.